The molecule has 0 bridgehead atoms. The van der Waals surface area contributed by atoms with Gasteiger partial charge < -0.3 is 10.1 Å². The van der Waals surface area contributed by atoms with Crippen LogP contribution in [0.4, 0.5) is 0 Å². The van der Waals surface area contributed by atoms with Crippen molar-refractivity contribution in [3.8, 4) is 0 Å². The summed E-state index contributed by atoms with van der Waals surface area (Å²) in [6.07, 6.45) is 2.81. The number of morpholine rings is 1. The van der Waals surface area contributed by atoms with Gasteiger partial charge in [0.2, 0.25) is 0 Å². The van der Waals surface area contributed by atoms with E-state index >= 15 is 0 Å². The molecule has 72 valence electrons. The van der Waals surface area contributed by atoms with Gasteiger partial charge in [0, 0.05) is 12.6 Å². The van der Waals surface area contributed by atoms with Gasteiger partial charge in [-0.1, -0.05) is 20.8 Å². The Bertz CT molecular complexity index is 117. The van der Waals surface area contributed by atoms with Gasteiger partial charge in [0.1, 0.15) is 0 Å². The smallest absolute Gasteiger partial charge is 0.0697 e. The van der Waals surface area contributed by atoms with Crippen LogP contribution < -0.4 is 5.32 Å². The molecule has 1 saturated heterocycles. The molecule has 0 aromatic heterocycles. The van der Waals surface area contributed by atoms with Gasteiger partial charge in [0.15, 0.2) is 0 Å². The van der Waals surface area contributed by atoms with Gasteiger partial charge in [-0.25, -0.2) is 0 Å². The standard InChI is InChI=1S/C10H21NO/c1-4-10-6-11-9(7-12-10)5-8(2)3/h8-11H,4-7H2,1-3H3. The summed E-state index contributed by atoms with van der Waals surface area (Å²) >= 11 is 0. The monoisotopic (exact) mass is 171 g/mol. The highest BCUT2D eigenvalue weighted by molar-refractivity contribution is 4.75. The lowest BCUT2D eigenvalue weighted by Crippen LogP contribution is -2.46. The van der Waals surface area contributed by atoms with Crippen molar-refractivity contribution in [2.45, 2.75) is 45.8 Å². The lowest BCUT2D eigenvalue weighted by molar-refractivity contribution is -0.00155. The van der Waals surface area contributed by atoms with E-state index in [0.717, 1.165) is 25.5 Å². The molecule has 1 aliphatic rings. The molecule has 0 saturated carbocycles. The minimum absolute atomic E-state index is 0.452. The van der Waals surface area contributed by atoms with Crippen molar-refractivity contribution < 1.29 is 4.74 Å². The Morgan fingerprint density at radius 1 is 1.50 bits per heavy atom. The third-order valence-electron chi connectivity index (χ3n) is 2.38. The normalized spacial score (nSPS) is 31.0. The molecular formula is C10H21NO. The zero-order valence-corrected chi connectivity index (χ0v) is 8.47. The maximum Gasteiger partial charge on any atom is 0.0697 e. The van der Waals surface area contributed by atoms with Gasteiger partial charge in [-0.2, -0.15) is 0 Å². The largest absolute Gasteiger partial charge is 0.375 e. The third kappa shape index (κ3) is 3.11. The second-order valence-electron chi connectivity index (χ2n) is 4.10. The van der Waals surface area contributed by atoms with Crippen LogP contribution in [-0.4, -0.2) is 25.3 Å². The van der Waals surface area contributed by atoms with Crippen LogP contribution in [0.15, 0.2) is 0 Å². The number of ether oxygens (including phenoxy) is 1. The molecule has 1 heterocycles. The molecule has 2 heteroatoms. The molecule has 2 nitrogen and oxygen atoms in total. The third-order valence-corrected chi connectivity index (χ3v) is 2.38. The summed E-state index contributed by atoms with van der Waals surface area (Å²) in [4.78, 5) is 0. The van der Waals surface area contributed by atoms with Crippen molar-refractivity contribution in [1.29, 1.82) is 0 Å². The van der Waals surface area contributed by atoms with Crippen molar-refractivity contribution in [2.24, 2.45) is 5.92 Å². The maximum atomic E-state index is 5.68. The number of nitrogens with one attached hydrogen (secondary N) is 1. The lowest BCUT2D eigenvalue weighted by atomic mass is 10.0. The van der Waals surface area contributed by atoms with Gasteiger partial charge in [-0.05, 0) is 18.8 Å². The average molecular weight is 171 g/mol. The second-order valence-corrected chi connectivity index (χ2v) is 4.10. The Morgan fingerprint density at radius 3 is 2.67 bits per heavy atom. The van der Waals surface area contributed by atoms with Gasteiger partial charge in [-0.15, -0.1) is 0 Å². The predicted octanol–water partition coefficient (Wildman–Crippen LogP) is 1.80. The van der Waals surface area contributed by atoms with Crippen LogP contribution in [0.3, 0.4) is 0 Å². The highest BCUT2D eigenvalue weighted by atomic mass is 16.5. The maximum absolute atomic E-state index is 5.68. The SMILES string of the molecule is CCC1CNC(CC(C)C)CO1. The van der Waals surface area contributed by atoms with E-state index in [1.807, 2.05) is 0 Å². The fourth-order valence-electron chi connectivity index (χ4n) is 1.65. The van der Waals surface area contributed by atoms with Gasteiger partial charge in [-0.3, -0.25) is 0 Å². The van der Waals surface area contributed by atoms with Crippen molar-refractivity contribution >= 4 is 0 Å². The topological polar surface area (TPSA) is 21.3 Å². The zero-order valence-electron chi connectivity index (χ0n) is 8.47. The summed E-state index contributed by atoms with van der Waals surface area (Å²) in [6.45, 7) is 8.63. The summed E-state index contributed by atoms with van der Waals surface area (Å²) in [7, 11) is 0. The first kappa shape index (κ1) is 10.0. The molecule has 0 spiro atoms. The molecule has 1 N–H and O–H groups in total. The summed E-state index contributed by atoms with van der Waals surface area (Å²) in [5.74, 6) is 0.768. The molecule has 0 aromatic carbocycles. The number of hydrogen-bond acceptors (Lipinski definition) is 2. The highest BCUT2D eigenvalue weighted by Crippen LogP contribution is 2.11. The molecule has 0 radical (unpaired) electrons. The average Bonchev–Trinajstić information content (AvgIpc) is 2.05. The minimum atomic E-state index is 0.452. The van der Waals surface area contributed by atoms with Gasteiger partial charge in [0.05, 0.1) is 12.7 Å². The van der Waals surface area contributed by atoms with Crippen LogP contribution >= 0.6 is 0 Å². The van der Waals surface area contributed by atoms with Gasteiger partial charge in [0.25, 0.3) is 0 Å². The van der Waals surface area contributed by atoms with Crippen LogP contribution in [0.5, 0.6) is 0 Å². The van der Waals surface area contributed by atoms with E-state index in [1.165, 1.54) is 6.42 Å². The first-order chi connectivity index (χ1) is 5.72. The van der Waals surface area contributed by atoms with Crippen molar-refractivity contribution in [1.82, 2.24) is 5.32 Å². The summed E-state index contributed by atoms with van der Waals surface area (Å²) in [5.41, 5.74) is 0. The Morgan fingerprint density at radius 2 is 2.25 bits per heavy atom. The lowest BCUT2D eigenvalue weighted by Gasteiger charge is -2.30. The van der Waals surface area contributed by atoms with Crippen molar-refractivity contribution in [3.63, 3.8) is 0 Å². The van der Waals surface area contributed by atoms with Crippen molar-refractivity contribution in [3.05, 3.63) is 0 Å². The summed E-state index contributed by atoms with van der Waals surface area (Å²) < 4.78 is 5.68. The Labute approximate surface area is 75.7 Å². The molecule has 0 amide bonds. The molecule has 0 aliphatic carbocycles. The quantitative estimate of drug-likeness (QED) is 0.699. The minimum Gasteiger partial charge on any atom is -0.375 e. The van der Waals surface area contributed by atoms with Gasteiger partial charge >= 0.3 is 0 Å². The van der Waals surface area contributed by atoms with Crippen LogP contribution in [0.1, 0.15) is 33.6 Å². The molecule has 1 rings (SSSR count). The molecule has 2 atom stereocenters. The van der Waals surface area contributed by atoms with Crippen LogP contribution in [-0.2, 0) is 4.74 Å². The molecule has 1 fully saturated rings. The first-order valence-electron chi connectivity index (χ1n) is 5.07. The van der Waals surface area contributed by atoms with Crippen molar-refractivity contribution in [2.75, 3.05) is 13.2 Å². The van der Waals surface area contributed by atoms with E-state index in [1.54, 1.807) is 0 Å². The summed E-state index contributed by atoms with van der Waals surface area (Å²) in [6, 6.07) is 0.591. The number of hydrogen-bond donors (Lipinski definition) is 1. The van der Waals surface area contributed by atoms with E-state index in [9.17, 15) is 0 Å². The zero-order chi connectivity index (χ0) is 8.97. The van der Waals surface area contributed by atoms with E-state index in [0.29, 0.717) is 12.1 Å². The second kappa shape index (κ2) is 4.83. The fraction of sp³-hybridized carbons (Fsp3) is 1.00. The molecule has 1 aliphatic heterocycles. The molecule has 0 aromatic rings. The van der Waals surface area contributed by atoms with E-state index in [4.69, 9.17) is 4.74 Å². The Hall–Kier alpha value is -0.0800. The Balaban J connectivity index is 2.17. The molecule has 12 heavy (non-hydrogen) atoms. The first-order valence-corrected chi connectivity index (χ1v) is 5.07. The molecule has 2 unspecified atom stereocenters. The fourth-order valence-corrected chi connectivity index (χ4v) is 1.65. The highest BCUT2D eigenvalue weighted by Gasteiger charge is 2.19. The van der Waals surface area contributed by atoms with E-state index in [2.05, 4.69) is 26.1 Å². The van der Waals surface area contributed by atoms with Crippen LogP contribution in [0, 0.1) is 5.92 Å². The Kier molecular flexibility index (Phi) is 4.02. The van der Waals surface area contributed by atoms with Crippen LogP contribution in [0.2, 0.25) is 0 Å². The molecular weight excluding hydrogens is 150 g/mol. The summed E-state index contributed by atoms with van der Waals surface area (Å²) in [5, 5.41) is 3.53. The van der Waals surface area contributed by atoms with E-state index < -0.39 is 0 Å². The predicted molar refractivity (Wildman–Crippen MR) is 51.3 cm³/mol. The van der Waals surface area contributed by atoms with Crippen LogP contribution in [0.25, 0.3) is 0 Å². The number of rotatable bonds is 3. The van der Waals surface area contributed by atoms with E-state index in [-0.39, 0.29) is 0 Å².